The molecular formula is C17H34N2. The van der Waals surface area contributed by atoms with E-state index in [9.17, 15) is 0 Å². The molecule has 0 aromatic rings. The van der Waals surface area contributed by atoms with Gasteiger partial charge in [0.15, 0.2) is 0 Å². The summed E-state index contributed by atoms with van der Waals surface area (Å²) in [6.07, 6.45) is 4.28. The molecule has 0 aliphatic carbocycles. The summed E-state index contributed by atoms with van der Waals surface area (Å²) in [5.74, 6) is 3.69. The van der Waals surface area contributed by atoms with E-state index in [1.165, 1.54) is 58.5 Å². The molecule has 2 aliphatic heterocycles. The predicted octanol–water partition coefficient (Wildman–Crippen LogP) is 3.33. The van der Waals surface area contributed by atoms with Gasteiger partial charge in [0.2, 0.25) is 0 Å². The van der Waals surface area contributed by atoms with Gasteiger partial charge in [-0.2, -0.15) is 0 Å². The van der Waals surface area contributed by atoms with Gasteiger partial charge in [0.05, 0.1) is 0 Å². The van der Waals surface area contributed by atoms with Gasteiger partial charge in [-0.05, 0) is 69.1 Å². The third kappa shape index (κ3) is 4.19. The van der Waals surface area contributed by atoms with Gasteiger partial charge in [0.1, 0.15) is 0 Å². The Hall–Kier alpha value is -0.0800. The third-order valence-electron chi connectivity index (χ3n) is 5.68. The first-order valence-electron chi connectivity index (χ1n) is 8.54. The maximum Gasteiger partial charge on any atom is 0.00132 e. The molecule has 0 aromatic heterocycles. The fourth-order valence-corrected chi connectivity index (χ4v) is 3.97. The van der Waals surface area contributed by atoms with E-state index in [0.29, 0.717) is 0 Å². The van der Waals surface area contributed by atoms with E-state index < -0.39 is 0 Å². The minimum atomic E-state index is 0.883. The van der Waals surface area contributed by atoms with Crippen LogP contribution in [0.4, 0.5) is 0 Å². The first-order chi connectivity index (χ1) is 9.10. The molecule has 0 spiro atoms. The number of piperidine rings is 2. The molecule has 0 unspecified atom stereocenters. The maximum absolute atomic E-state index is 2.75. The molecule has 0 bridgehead atoms. The van der Waals surface area contributed by atoms with Crippen molar-refractivity contribution in [1.82, 2.24) is 9.80 Å². The molecular weight excluding hydrogens is 232 g/mol. The van der Waals surface area contributed by atoms with Crippen LogP contribution in [0, 0.1) is 23.7 Å². The average Bonchev–Trinajstić information content (AvgIpc) is 2.41. The molecule has 2 fully saturated rings. The predicted molar refractivity (Wildman–Crippen MR) is 83.4 cm³/mol. The molecule has 2 aliphatic rings. The second-order valence-corrected chi connectivity index (χ2v) is 7.30. The second-order valence-electron chi connectivity index (χ2n) is 7.30. The molecule has 0 amide bonds. The molecule has 0 N–H and O–H groups in total. The summed E-state index contributed by atoms with van der Waals surface area (Å²) in [5, 5.41) is 0. The summed E-state index contributed by atoms with van der Waals surface area (Å²) < 4.78 is 0. The number of hydrogen-bond donors (Lipinski definition) is 0. The maximum atomic E-state index is 2.75. The van der Waals surface area contributed by atoms with Crippen LogP contribution in [0.1, 0.15) is 47.0 Å². The monoisotopic (exact) mass is 266 g/mol. The van der Waals surface area contributed by atoms with Gasteiger partial charge < -0.3 is 9.80 Å². The van der Waals surface area contributed by atoms with E-state index in [1.807, 2.05) is 0 Å². The quantitative estimate of drug-likeness (QED) is 0.770. The van der Waals surface area contributed by atoms with Gasteiger partial charge in [-0.25, -0.2) is 0 Å². The van der Waals surface area contributed by atoms with Crippen LogP contribution in [-0.4, -0.2) is 49.1 Å². The first kappa shape index (κ1) is 15.3. The van der Waals surface area contributed by atoms with Crippen molar-refractivity contribution >= 4 is 0 Å². The topological polar surface area (TPSA) is 6.48 Å². The molecule has 2 nitrogen and oxygen atoms in total. The van der Waals surface area contributed by atoms with E-state index in [-0.39, 0.29) is 0 Å². The van der Waals surface area contributed by atoms with Crippen molar-refractivity contribution in [2.75, 3.05) is 39.3 Å². The molecule has 0 radical (unpaired) electrons. The van der Waals surface area contributed by atoms with Crippen LogP contribution in [0.3, 0.4) is 0 Å². The Morgan fingerprint density at radius 3 is 2.16 bits per heavy atom. The van der Waals surface area contributed by atoms with Crippen molar-refractivity contribution in [2.45, 2.75) is 47.0 Å². The zero-order chi connectivity index (χ0) is 13.8. The largest absolute Gasteiger partial charge is 0.303 e. The number of rotatable bonds is 4. The Morgan fingerprint density at radius 1 is 1.00 bits per heavy atom. The van der Waals surface area contributed by atoms with Gasteiger partial charge in [-0.1, -0.05) is 27.7 Å². The summed E-state index contributed by atoms with van der Waals surface area (Å²) >= 11 is 0. The van der Waals surface area contributed by atoms with Crippen LogP contribution in [0.25, 0.3) is 0 Å². The van der Waals surface area contributed by atoms with Crippen molar-refractivity contribution in [3.8, 4) is 0 Å². The van der Waals surface area contributed by atoms with Crippen molar-refractivity contribution in [3.63, 3.8) is 0 Å². The van der Waals surface area contributed by atoms with Gasteiger partial charge >= 0.3 is 0 Å². The van der Waals surface area contributed by atoms with Crippen LogP contribution in [0.5, 0.6) is 0 Å². The van der Waals surface area contributed by atoms with Crippen molar-refractivity contribution in [2.24, 2.45) is 23.7 Å². The van der Waals surface area contributed by atoms with Gasteiger partial charge in [-0.15, -0.1) is 0 Å². The minimum Gasteiger partial charge on any atom is -0.303 e. The smallest absolute Gasteiger partial charge is 0.00132 e. The highest BCUT2D eigenvalue weighted by atomic mass is 15.2. The van der Waals surface area contributed by atoms with E-state index in [0.717, 1.165) is 23.7 Å². The molecule has 19 heavy (non-hydrogen) atoms. The highest BCUT2D eigenvalue weighted by Gasteiger charge is 2.28. The Bertz CT molecular complexity index is 256. The van der Waals surface area contributed by atoms with Gasteiger partial charge in [-0.3, -0.25) is 0 Å². The summed E-state index contributed by atoms with van der Waals surface area (Å²) in [7, 11) is 0. The molecule has 2 heterocycles. The third-order valence-corrected chi connectivity index (χ3v) is 5.68. The summed E-state index contributed by atoms with van der Waals surface area (Å²) in [4.78, 5) is 5.37. The Kier molecular flexibility index (Phi) is 5.70. The molecule has 112 valence electrons. The van der Waals surface area contributed by atoms with Gasteiger partial charge in [0.25, 0.3) is 0 Å². The number of hydrogen-bond acceptors (Lipinski definition) is 2. The van der Waals surface area contributed by atoms with Crippen LogP contribution >= 0.6 is 0 Å². The fraction of sp³-hybridized carbons (Fsp3) is 1.00. The SMILES string of the molecule is CCN1CC[C@@H](CN2CCC(C(C)C)CC2)[C@H](C)C1. The zero-order valence-electron chi connectivity index (χ0n) is 13.6. The molecule has 2 saturated heterocycles. The van der Waals surface area contributed by atoms with Crippen molar-refractivity contribution < 1.29 is 0 Å². The standard InChI is InChI=1S/C17H34N2/c1-5-18-9-8-17(15(4)12-18)13-19-10-6-16(7-11-19)14(2)3/h14-17H,5-13H2,1-4H3/t15-,17+/m1/s1. The van der Waals surface area contributed by atoms with E-state index in [1.54, 1.807) is 0 Å². The highest BCUT2D eigenvalue weighted by molar-refractivity contribution is 4.82. The Labute approximate surface area is 120 Å². The van der Waals surface area contributed by atoms with Crippen molar-refractivity contribution in [1.29, 1.82) is 0 Å². The van der Waals surface area contributed by atoms with Crippen LogP contribution in [-0.2, 0) is 0 Å². The first-order valence-corrected chi connectivity index (χ1v) is 8.54. The summed E-state index contributed by atoms with van der Waals surface area (Å²) in [6.45, 7) is 17.5. The highest BCUT2D eigenvalue weighted by Crippen LogP contribution is 2.28. The second kappa shape index (κ2) is 7.08. The lowest BCUT2D eigenvalue weighted by Crippen LogP contribution is -2.45. The van der Waals surface area contributed by atoms with Crippen LogP contribution < -0.4 is 0 Å². The van der Waals surface area contributed by atoms with E-state index in [4.69, 9.17) is 0 Å². The van der Waals surface area contributed by atoms with Gasteiger partial charge in [0, 0.05) is 13.1 Å². The van der Waals surface area contributed by atoms with Crippen LogP contribution in [0.15, 0.2) is 0 Å². The lowest BCUT2D eigenvalue weighted by Gasteiger charge is -2.41. The fourth-order valence-electron chi connectivity index (χ4n) is 3.97. The molecule has 0 saturated carbocycles. The van der Waals surface area contributed by atoms with Crippen molar-refractivity contribution in [3.05, 3.63) is 0 Å². The Morgan fingerprint density at radius 2 is 1.63 bits per heavy atom. The average molecular weight is 266 g/mol. The molecule has 2 rings (SSSR count). The zero-order valence-corrected chi connectivity index (χ0v) is 13.6. The molecule has 0 aromatic carbocycles. The molecule has 2 atom stereocenters. The van der Waals surface area contributed by atoms with Crippen LogP contribution in [0.2, 0.25) is 0 Å². The van der Waals surface area contributed by atoms with E-state index >= 15 is 0 Å². The summed E-state index contributed by atoms with van der Waals surface area (Å²) in [5.41, 5.74) is 0. The summed E-state index contributed by atoms with van der Waals surface area (Å²) in [6, 6.07) is 0. The Balaban J connectivity index is 1.74. The number of likely N-dealkylation sites (tertiary alicyclic amines) is 2. The minimum absolute atomic E-state index is 0.883. The normalized spacial score (nSPS) is 32.1. The molecule has 2 heteroatoms. The lowest BCUT2D eigenvalue weighted by molar-refractivity contribution is 0.0784. The lowest BCUT2D eigenvalue weighted by atomic mass is 9.84. The van der Waals surface area contributed by atoms with E-state index in [2.05, 4.69) is 37.5 Å². The number of nitrogens with zero attached hydrogens (tertiary/aromatic N) is 2.